The minimum absolute atomic E-state index is 0.106. The van der Waals surface area contributed by atoms with Gasteiger partial charge in [-0.25, -0.2) is 0 Å². The van der Waals surface area contributed by atoms with Gasteiger partial charge in [-0.2, -0.15) is 0 Å². The third-order valence-electron chi connectivity index (χ3n) is 3.61. The SMILES string of the molecule is Nc1c(C(=O)NCCN2CCNCC2)sc2cccnc12. The van der Waals surface area contributed by atoms with Gasteiger partial charge in [0.2, 0.25) is 0 Å². The number of aromatic nitrogens is 1. The molecule has 0 aromatic carbocycles. The van der Waals surface area contributed by atoms with Crippen molar-refractivity contribution < 1.29 is 4.79 Å². The van der Waals surface area contributed by atoms with Crippen LogP contribution in [-0.2, 0) is 0 Å². The quantitative estimate of drug-likeness (QED) is 0.767. The fraction of sp³-hybridized carbons (Fsp3) is 0.429. The summed E-state index contributed by atoms with van der Waals surface area (Å²) in [6, 6.07) is 3.78. The number of piperazine rings is 1. The fourth-order valence-electron chi connectivity index (χ4n) is 2.46. The van der Waals surface area contributed by atoms with Crippen LogP contribution in [-0.4, -0.2) is 55.1 Å². The number of carbonyl (C=O) groups excluding carboxylic acids is 1. The number of anilines is 1. The molecule has 1 aliphatic rings. The lowest BCUT2D eigenvalue weighted by atomic mass is 10.3. The highest BCUT2D eigenvalue weighted by Crippen LogP contribution is 2.31. The molecule has 6 nitrogen and oxygen atoms in total. The van der Waals surface area contributed by atoms with Gasteiger partial charge in [0, 0.05) is 45.5 Å². The number of hydrogen-bond acceptors (Lipinski definition) is 6. The molecule has 4 N–H and O–H groups in total. The number of pyridine rings is 1. The van der Waals surface area contributed by atoms with E-state index in [4.69, 9.17) is 5.73 Å². The lowest BCUT2D eigenvalue weighted by Gasteiger charge is -2.27. The van der Waals surface area contributed by atoms with Gasteiger partial charge in [-0.15, -0.1) is 11.3 Å². The highest BCUT2D eigenvalue weighted by atomic mass is 32.1. The average Bonchev–Trinajstić information content (AvgIpc) is 2.86. The van der Waals surface area contributed by atoms with Crippen molar-refractivity contribution in [3.63, 3.8) is 0 Å². The molecular weight excluding hydrogens is 286 g/mol. The Morgan fingerprint density at radius 3 is 3.05 bits per heavy atom. The Kier molecular flexibility index (Phi) is 4.33. The first-order valence-electron chi connectivity index (χ1n) is 7.10. The van der Waals surface area contributed by atoms with Crippen LogP contribution >= 0.6 is 11.3 Å². The van der Waals surface area contributed by atoms with E-state index in [-0.39, 0.29) is 5.91 Å². The molecule has 112 valence electrons. The van der Waals surface area contributed by atoms with Crippen molar-refractivity contribution in [3.05, 3.63) is 23.2 Å². The lowest BCUT2D eigenvalue weighted by Crippen LogP contribution is -2.46. The van der Waals surface area contributed by atoms with Crippen LogP contribution in [0.5, 0.6) is 0 Å². The van der Waals surface area contributed by atoms with E-state index >= 15 is 0 Å². The minimum atomic E-state index is -0.106. The summed E-state index contributed by atoms with van der Waals surface area (Å²) in [4.78, 5) is 19.4. The molecule has 1 fully saturated rings. The number of nitrogen functional groups attached to an aromatic ring is 1. The van der Waals surface area contributed by atoms with Gasteiger partial charge in [0.1, 0.15) is 10.4 Å². The summed E-state index contributed by atoms with van der Waals surface area (Å²) < 4.78 is 0.947. The lowest BCUT2D eigenvalue weighted by molar-refractivity contribution is 0.0952. The van der Waals surface area contributed by atoms with Crippen molar-refractivity contribution in [3.8, 4) is 0 Å². The largest absolute Gasteiger partial charge is 0.396 e. The number of carbonyl (C=O) groups is 1. The molecule has 2 aromatic rings. The van der Waals surface area contributed by atoms with E-state index in [0.29, 0.717) is 17.1 Å². The zero-order valence-corrected chi connectivity index (χ0v) is 12.6. The van der Waals surface area contributed by atoms with Gasteiger partial charge < -0.3 is 16.4 Å². The molecule has 2 aromatic heterocycles. The van der Waals surface area contributed by atoms with Crippen LogP contribution in [0.25, 0.3) is 10.2 Å². The molecule has 1 saturated heterocycles. The minimum Gasteiger partial charge on any atom is -0.396 e. The van der Waals surface area contributed by atoms with Crippen LogP contribution in [0, 0.1) is 0 Å². The number of nitrogens with one attached hydrogen (secondary N) is 2. The monoisotopic (exact) mass is 305 g/mol. The van der Waals surface area contributed by atoms with E-state index < -0.39 is 0 Å². The summed E-state index contributed by atoms with van der Waals surface area (Å²) in [6.07, 6.45) is 1.69. The van der Waals surface area contributed by atoms with E-state index in [2.05, 4.69) is 20.5 Å². The Balaban J connectivity index is 1.60. The molecule has 0 aliphatic carbocycles. The first-order valence-corrected chi connectivity index (χ1v) is 7.91. The van der Waals surface area contributed by atoms with Crippen molar-refractivity contribution in [1.82, 2.24) is 20.5 Å². The van der Waals surface area contributed by atoms with Crippen molar-refractivity contribution in [2.45, 2.75) is 0 Å². The molecule has 0 bridgehead atoms. The highest BCUT2D eigenvalue weighted by molar-refractivity contribution is 7.21. The number of fused-ring (bicyclic) bond motifs is 1. The van der Waals surface area contributed by atoms with Gasteiger partial charge in [-0.1, -0.05) is 0 Å². The Bertz CT molecular complexity index is 635. The maximum absolute atomic E-state index is 12.2. The second-order valence-electron chi connectivity index (χ2n) is 5.04. The van der Waals surface area contributed by atoms with Gasteiger partial charge >= 0.3 is 0 Å². The third-order valence-corrected chi connectivity index (χ3v) is 4.77. The Morgan fingerprint density at radius 1 is 1.48 bits per heavy atom. The van der Waals surface area contributed by atoms with E-state index in [0.717, 1.165) is 42.9 Å². The first-order chi connectivity index (χ1) is 10.3. The number of thiophene rings is 1. The van der Waals surface area contributed by atoms with Gasteiger partial charge in [0.15, 0.2) is 0 Å². The van der Waals surface area contributed by atoms with E-state index in [1.165, 1.54) is 11.3 Å². The van der Waals surface area contributed by atoms with Crippen molar-refractivity contribution in [2.75, 3.05) is 45.0 Å². The van der Waals surface area contributed by atoms with Crippen LogP contribution in [0.15, 0.2) is 18.3 Å². The zero-order valence-electron chi connectivity index (χ0n) is 11.8. The number of hydrogen-bond donors (Lipinski definition) is 3. The molecule has 0 saturated carbocycles. The molecule has 1 amide bonds. The molecule has 0 spiro atoms. The van der Waals surface area contributed by atoms with Gasteiger partial charge in [0.05, 0.1) is 10.4 Å². The zero-order chi connectivity index (χ0) is 14.7. The number of rotatable bonds is 4. The van der Waals surface area contributed by atoms with Crippen molar-refractivity contribution in [1.29, 1.82) is 0 Å². The summed E-state index contributed by atoms with van der Waals surface area (Å²) in [6.45, 7) is 5.61. The van der Waals surface area contributed by atoms with E-state index in [9.17, 15) is 4.79 Å². The molecular formula is C14H19N5OS. The molecule has 7 heteroatoms. The number of amides is 1. The second kappa shape index (κ2) is 6.38. The summed E-state index contributed by atoms with van der Waals surface area (Å²) in [5.41, 5.74) is 7.22. The standard InChI is InChI=1S/C14H19N5OS/c15-11-12-10(2-1-3-17-12)21-13(11)14(20)18-6-9-19-7-4-16-5-8-19/h1-3,16H,4-9,15H2,(H,18,20). The van der Waals surface area contributed by atoms with Crippen molar-refractivity contribution >= 4 is 33.1 Å². The Morgan fingerprint density at radius 2 is 2.29 bits per heavy atom. The maximum Gasteiger partial charge on any atom is 0.263 e. The van der Waals surface area contributed by atoms with Crippen molar-refractivity contribution in [2.24, 2.45) is 0 Å². The Hall–Kier alpha value is -1.70. The average molecular weight is 305 g/mol. The maximum atomic E-state index is 12.2. The van der Waals surface area contributed by atoms with Crippen LogP contribution in [0.1, 0.15) is 9.67 Å². The third kappa shape index (κ3) is 3.15. The van der Waals surface area contributed by atoms with Crippen LogP contribution in [0.4, 0.5) is 5.69 Å². The predicted molar refractivity (Wildman–Crippen MR) is 85.7 cm³/mol. The molecule has 0 atom stereocenters. The fourth-order valence-corrected chi connectivity index (χ4v) is 3.46. The summed E-state index contributed by atoms with van der Waals surface area (Å²) >= 11 is 1.39. The van der Waals surface area contributed by atoms with E-state index in [1.54, 1.807) is 6.20 Å². The summed E-state index contributed by atoms with van der Waals surface area (Å²) in [5.74, 6) is -0.106. The Labute approximate surface area is 127 Å². The number of nitrogens with two attached hydrogens (primary N) is 1. The summed E-state index contributed by atoms with van der Waals surface area (Å²) in [7, 11) is 0. The first kappa shape index (κ1) is 14.2. The van der Waals surface area contributed by atoms with Crippen LogP contribution in [0.3, 0.4) is 0 Å². The number of nitrogens with zero attached hydrogens (tertiary/aromatic N) is 2. The highest BCUT2D eigenvalue weighted by Gasteiger charge is 2.17. The molecule has 0 radical (unpaired) electrons. The molecule has 1 aliphatic heterocycles. The van der Waals surface area contributed by atoms with Crippen LogP contribution in [0.2, 0.25) is 0 Å². The molecule has 21 heavy (non-hydrogen) atoms. The van der Waals surface area contributed by atoms with Crippen LogP contribution < -0.4 is 16.4 Å². The topological polar surface area (TPSA) is 83.3 Å². The molecule has 3 rings (SSSR count). The predicted octanol–water partition coefficient (Wildman–Crippen LogP) is 0.514. The second-order valence-corrected chi connectivity index (χ2v) is 6.09. The summed E-state index contributed by atoms with van der Waals surface area (Å²) in [5, 5.41) is 6.26. The van der Waals surface area contributed by atoms with Gasteiger partial charge in [-0.05, 0) is 12.1 Å². The molecule has 0 unspecified atom stereocenters. The smallest absolute Gasteiger partial charge is 0.263 e. The van der Waals surface area contributed by atoms with E-state index in [1.807, 2.05) is 12.1 Å². The molecule has 3 heterocycles. The normalized spacial score (nSPS) is 16.2. The van der Waals surface area contributed by atoms with Gasteiger partial charge in [-0.3, -0.25) is 14.7 Å². The van der Waals surface area contributed by atoms with Gasteiger partial charge in [0.25, 0.3) is 5.91 Å².